The van der Waals surface area contributed by atoms with E-state index in [0.717, 1.165) is 25.1 Å². The van der Waals surface area contributed by atoms with Gasteiger partial charge in [0.15, 0.2) is 0 Å². The van der Waals surface area contributed by atoms with Crippen molar-refractivity contribution < 1.29 is 9.90 Å². The molecule has 1 aliphatic heterocycles. The second kappa shape index (κ2) is 4.45. The van der Waals surface area contributed by atoms with Crippen LogP contribution in [0.15, 0.2) is 18.3 Å². The van der Waals surface area contributed by atoms with Crippen LogP contribution in [0.2, 0.25) is 0 Å². The van der Waals surface area contributed by atoms with E-state index < -0.39 is 5.60 Å². The molecular formula is C13H18N2O2. The standard InChI is InChI=1S/C13H18N2O2/c1-10-8-11(4-6-14-10)12(16)15-7-3-5-13(2,17)9-15/h4,6,8,17H,3,5,7,9H2,1-2H3. The first-order chi connectivity index (χ1) is 7.98. The number of likely N-dealkylation sites (tertiary alicyclic amines) is 1. The zero-order chi connectivity index (χ0) is 12.5. The molecule has 1 aliphatic rings. The molecule has 1 saturated heterocycles. The molecule has 1 aromatic heterocycles. The number of aromatic nitrogens is 1. The van der Waals surface area contributed by atoms with Crippen LogP contribution in [-0.4, -0.2) is 39.6 Å². The Kier molecular flexibility index (Phi) is 3.15. The van der Waals surface area contributed by atoms with E-state index in [-0.39, 0.29) is 5.91 Å². The summed E-state index contributed by atoms with van der Waals surface area (Å²) in [5.41, 5.74) is 0.727. The van der Waals surface area contributed by atoms with Crippen LogP contribution in [0.1, 0.15) is 35.8 Å². The summed E-state index contributed by atoms with van der Waals surface area (Å²) in [6, 6.07) is 3.50. The Hall–Kier alpha value is -1.42. The fourth-order valence-electron chi connectivity index (χ4n) is 2.25. The fourth-order valence-corrected chi connectivity index (χ4v) is 2.25. The summed E-state index contributed by atoms with van der Waals surface area (Å²) in [6.45, 7) is 4.77. The highest BCUT2D eigenvalue weighted by Crippen LogP contribution is 2.21. The van der Waals surface area contributed by atoms with Gasteiger partial charge in [-0.15, -0.1) is 0 Å². The summed E-state index contributed by atoms with van der Waals surface area (Å²) in [7, 11) is 0. The van der Waals surface area contributed by atoms with Crippen LogP contribution in [0, 0.1) is 6.92 Å². The SMILES string of the molecule is Cc1cc(C(=O)N2CCCC(C)(O)C2)ccn1. The average molecular weight is 234 g/mol. The van der Waals surface area contributed by atoms with Gasteiger partial charge in [0, 0.05) is 30.5 Å². The van der Waals surface area contributed by atoms with Crippen LogP contribution < -0.4 is 0 Å². The van der Waals surface area contributed by atoms with Crippen molar-refractivity contribution in [3.05, 3.63) is 29.6 Å². The van der Waals surface area contributed by atoms with Crippen molar-refractivity contribution in [2.24, 2.45) is 0 Å². The highest BCUT2D eigenvalue weighted by atomic mass is 16.3. The summed E-state index contributed by atoms with van der Waals surface area (Å²) < 4.78 is 0. The summed E-state index contributed by atoms with van der Waals surface area (Å²) in [6.07, 6.45) is 3.25. The largest absolute Gasteiger partial charge is 0.388 e. The van der Waals surface area contributed by atoms with Crippen molar-refractivity contribution in [1.82, 2.24) is 9.88 Å². The minimum absolute atomic E-state index is 0.0181. The van der Waals surface area contributed by atoms with Crippen LogP contribution >= 0.6 is 0 Å². The molecule has 4 nitrogen and oxygen atoms in total. The zero-order valence-electron chi connectivity index (χ0n) is 10.3. The third kappa shape index (κ3) is 2.82. The zero-order valence-corrected chi connectivity index (χ0v) is 10.3. The third-order valence-electron chi connectivity index (χ3n) is 3.11. The predicted octanol–water partition coefficient (Wildman–Crippen LogP) is 1.38. The molecule has 4 heteroatoms. The lowest BCUT2D eigenvalue weighted by Gasteiger charge is -2.36. The van der Waals surface area contributed by atoms with Gasteiger partial charge < -0.3 is 10.0 Å². The molecule has 1 aromatic rings. The Morgan fingerprint density at radius 3 is 3.00 bits per heavy atom. The molecule has 1 N–H and O–H groups in total. The summed E-state index contributed by atoms with van der Waals surface area (Å²) in [5.74, 6) is -0.0181. The van der Waals surface area contributed by atoms with E-state index in [0.29, 0.717) is 12.1 Å². The monoisotopic (exact) mass is 234 g/mol. The molecule has 2 heterocycles. The van der Waals surface area contributed by atoms with Gasteiger partial charge in [0.05, 0.1) is 5.60 Å². The molecule has 1 atom stereocenters. The first kappa shape index (κ1) is 12.0. The second-order valence-electron chi connectivity index (χ2n) is 5.01. The maximum absolute atomic E-state index is 12.2. The van der Waals surface area contributed by atoms with Crippen LogP contribution in [0.3, 0.4) is 0 Å². The molecule has 1 unspecified atom stereocenters. The number of piperidine rings is 1. The second-order valence-corrected chi connectivity index (χ2v) is 5.01. The maximum Gasteiger partial charge on any atom is 0.254 e. The first-order valence-corrected chi connectivity index (χ1v) is 5.92. The van der Waals surface area contributed by atoms with Gasteiger partial charge in [-0.2, -0.15) is 0 Å². The normalized spacial score (nSPS) is 24.8. The third-order valence-corrected chi connectivity index (χ3v) is 3.11. The number of aliphatic hydroxyl groups is 1. The van der Waals surface area contributed by atoms with Crippen LogP contribution in [-0.2, 0) is 0 Å². The lowest BCUT2D eigenvalue weighted by molar-refractivity contribution is -0.0107. The van der Waals surface area contributed by atoms with E-state index in [2.05, 4.69) is 4.98 Å². The highest BCUT2D eigenvalue weighted by Gasteiger charge is 2.31. The number of carbonyl (C=O) groups excluding carboxylic acids is 1. The molecule has 17 heavy (non-hydrogen) atoms. The molecule has 0 aromatic carbocycles. The molecule has 0 radical (unpaired) electrons. The number of carbonyl (C=O) groups is 1. The van der Waals surface area contributed by atoms with Gasteiger partial charge in [-0.3, -0.25) is 9.78 Å². The molecule has 0 bridgehead atoms. The van der Waals surface area contributed by atoms with Gasteiger partial charge in [0.2, 0.25) is 0 Å². The molecule has 1 amide bonds. The van der Waals surface area contributed by atoms with Crippen molar-refractivity contribution in [3.8, 4) is 0 Å². The summed E-state index contributed by atoms with van der Waals surface area (Å²) in [5, 5.41) is 9.99. The number of hydrogen-bond acceptors (Lipinski definition) is 3. The number of hydrogen-bond donors (Lipinski definition) is 1. The number of rotatable bonds is 1. The molecule has 0 aliphatic carbocycles. The topological polar surface area (TPSA) is 53.4 Å². The summed E-state index contributed by atoms with van der Waals surface area (Å²) >= 11 is 0. The van der Waals surface area contributed by atoms with Gasteiger partial charge in [0.25, 0.3) is 5.91 Å². The smallest absolute Gasteiger partial charge is 0.254 e. The number of amides is 1. The van der Waals surface area contributed by atoms with Crippen LogP contribution in [0.4, 0.5) is 0 Å². The average Bonchev–Trinajstić information content (AvgIpc) is 2.26. The van der Waals surface area contributed by atoms with Gasteiger partial charge in [-0.25, -0.2) is 0 Å². The Morgan fingerprint density at radius 1 is 1.59 bits per heavy atom. The number of β-amino-alcohol motifs (C(OH)–C–C–N with tert-alkyl or cyclic N) is 1. The Labute approximate surface area is 101 Å². The quantitative estimate of drug-likeness (QED) is 0.798. The molecule has 1 fully saturated rings. The molecule has 0 saturated carbocycles. The van der Waals surface area contributed by atoms with E-state index in [1.165, 1.54) is 0 Å². The minimum Gasteiger partial charge on any atom is -0.388 e. The number of pyridine rings is 1. The summed E-state index contributed by atoms with van der Waals surface area (Å²) in [4.78, 5) is 18.0. The van der Waals surface area contributed by atoms with Crippen molar-refractivity contribution in [2.45, 2.75) is 32.3 Å². The van der Waals surface area contributed by atoms with Crippen molar-refractivity contribution in [2.75, 3.05) is 13.1 Å². The Balaban J connectivity index is 2.15. The molecule has 2 rings (SSSR count). The first-order valence-electron chi connectivity index (χ1n) is 5.92. The Morgan fingerprint density at radius 2 is 2.35 bits per heavy atom. The van der Waals surface area contributed by atoms with Crippen molar-refractivity contribution in [3.63, 3.8) is 0 Å². The van der Waals surface area contributed by atoms with Gasteiger partial charge in [-0.05, 0) is 38.8 Å². The number of nitrogens with zero attached hydrogens (tertiary/aromatic N) is 2. The van der Waals surface area contributed by atoms with E-state index in [9.17, 15) is 9.90 Å². The van der Waals surface area contributed by atoms with Gasteiger partial charge in [0.1, 0.15) is 0 Å². The number of aryl methyl sites for hydroxylation is 1. The Bertz CT molecular complexity index is 429. The minimum atomic E-state index is -0.754. The van der Waals surface area contributed by atoms with Gasteiger partial charge >= 0.3 is 0 Å². The van der Waals surface area contributed by atoms with E-state index in [1.54, 1.807) is 30.2 Å². The fraction of sp³-hybridized carbons (Fsp3) is 0.538. The van der Waals surface area contributed by atoms with Crippen molar-refractivity contribution >= 4 is 5.91 Å². The van der Waals surface area contributed by atoms with E-state index >= 15 is 0 Å². The highest BCUT2D eigenvalue weighted by molar-refractivity contribution is 5.94. The lowest BCUT2D eigenvalue weighted by Crippen LogP contribution is -2.48. The lowest BCUT2D eigenvalue weighted by atomic mass is 9.95. The van der Waals surface area contributed by atoms with E-state index in [1.807, 2.05) is 6.92 Å². The molecular weight excluding hydrogens is 216 g/mol. The van der Waals surface area contributed by atoms with Gasteiger partial charge in [-0.1, -0.05) is 0 Å². The molecule has 0 spiro atoms. The maximum atomic E-state index is 12.2. The molecule has 92 valence electrons. The van der Waals surface area contributed by atoms with E-state index in [4.69, 9.17) is 0 Å². The van der Waals surface area contributed by atoms with Crippen molar-refractivity contribution in [1.29, 1.82) is 0 Å². The van der Waals surface area contributed by atoms with Crippen LogP contribution in [0.5, 0.6) is 0 Å². The predicted molar refractivity (Wildman–Crippen MR) is 64.7 cm³/mol. The van der Waals surface area contributed by atoms with Crippen LogP contribution in [0.25, 0.3) is 0 Å².